The molecule has 0 atom stereocenters. The van der Waals surface area contributed by atoms with Gasteiger partial charge in [0.2, 0.25) is 5.89 Å². The molecular weight excluding hydrogens is 202 g/mol. The highest BCUT2D eigenvalue weighted by Gasteiger charge is 2.06. The minimum absolute atomic E-state index is 0.485. The highest BCUT2D eigenvalue weighted by atomic mass is 32.1. The maximum Gasteiger partial charge on any atom is 0.223 e. The summed E-state index contributed by atoms with van der Waals surface area (Å²) in [6.45, 7) is 4.09. The number of rotatable bonds is 2. The van der Waals surface area contributed by atoms with Crippen LogP contribution >= 0.6 is 12.2 Å². The molecule has 2 heterocycles. The van der Waals surface area contributed by atoms with Crippen molar-refractivity contribution in [1.82, 2.24) is 24.9 Å². The number of aryl methyl sites for hydroxylation is 2. The largest absolute Gasteiger partial charge is 0.340 e. The second kappa shape index (κ2) is 3.33. The minimum atomic E-state index is 0.485. The Balaban J connectivity index is 2.31. The number of H-pyrrole nitrogens is 1. The van der Waals surface area contributed by atoms with Gasteiger partial charge in [-0.15, -0.1) is 0 Å². The van der Waals surface area contributed by atoms with Crippen LogP contribution < -0.4 is 0 Å². The summed E-state index contributed by atoms with van der Waals surface area (Å²) in [4.78, 5) is 4.08. The van der Waals surface area contributed by atoms with Crippen molar-refractivity contribution in [2.24, 2.45) is 0 Å². The maximum absolute atomic E-state index is 5.04. The third-order valence-electron chi connectivity index (χ3n) is 1.82. The molecule has 0 aliphatic rings. The zero-order chi connectivity index (χ0) is 10.1. The van der Waals surface area contributed by atoms with Crippen LogP contribution in [0, 0.1) is 18.6 Å². The Labute approximate surface area is 85.0 Å². The SMILES string of the molecule is Cc1nc(Cn2c(C)n[nH]c2=S)no1. The van der Waals surface area contributed by atoms with E-state index in [-0.39, 0.29) is 0 Å². The average Bonchev–Trinajstić information content (AvgIpc) is 2.67. The van der Waals surface area contributed by atoms with Gasteiger partial charge in [-0.1, -0.05) is 5.16 Å². The molecular formula is C7H9N5OS. The van der Waals surface area contributed by atoms with Gasteiger partial charge in [0.05, 0.1) is 6.54 Å². The molecule has 74 valence electrons. The van der Waals surface area contributed by atoms with E-state index in [1.807, 2.05) is 6.92 Å². The molecule has 0 spiro atoms. The van der Waals surface area contributed by atoms with Crippen LogP contribution in [0.5, 0.6) is 0 Å². The van der Waals surface area contributed by atoms with Crippen molar-refractivity contribution in [3.8, 4) is 0 Å². The van der Waals surface area contributed by atoms with Gasteiger partial charge in [0, 0.05) is 6.92 Å². The lowest BCUT2D eigenvalue weighted by Crippen LogP contribution is -2.03. The van der Waals surface area contributed by atoms with Crippen molar-refractivity contribution in [1.29, 1.82) is 0 Å². The number of aromatic amines is 1. The highest BCUT2D eigenvalue weighted by molar-refractivity contribution is 7.71. The summed E-state index contributed by atoms with van der Waals surface area (Å²) >= 11 is 5.04. The van der Waals surface area contributed by atoms with Crippen molar-refractivity contribution < 1.29 is 4.52 Å². The van der Waals surface area contributed by atoms with Gasteiger partial charge in [-0.2, -0.15) is 10.1 Å². The molecule has 1 N–H and O–H groups in total. The Morgan fingerprint density at radius 2 is 2.29 bits per heavy atom. The Bertz CT molecular complexity index is 496. The third-order valence-corrected chi connectivity index (χ3v) is 2.13. The quantitative estimate of drug-likeness (QED) is 0.750. The molecule has 6 nitrogen and oxygen atoms in total. The number of hydrogen-bond acceptors (Lipinski definition) is 5. The van der Waals surface area contributed by atoms with E-state index in [9.17, 15) is 0 Å². The molecule has 0 aliphatic carbocycles. The fourth-order valence-electron chi connectivity index (χ4n) is 1.13. The zero-order valence-electron chi connectivity index (χ0n) is 7.81. The number of aromatic nitrogens is 5. The summed E-state index contributed by atoms with van der Waals surface area (Å²) in [6.07, 6.45) is 0. The normalized spacial score (nSPS) is 10.7. The molecule has 14 heavy (non-hydrogen) atoms. The second-order valence-electron chi connectivity index (χ2n) is 2.89. The predicted molar refractivity (Wildman–Crippen MR) is 50.3 cm³/mol. The zero-order valence-corrected chi connectivity index (χ0v) is 8.63. The highest BCUT2D eigenvalue weighted by Crippen LogP contribution is 2.01. The van der Waals surface area contributed by atoms with Crippen LogP contribution in [0.15, 0.2) is 4.52 Å². The predicted octanol–water partition coefficient (Wildman–Crippen LogP) is 0.989. The Morgan fingerprint density at radius 3 is 2.79 bits per heavy atom. The van der Waals surface area contributed by atoms with Gasteiger partial charge in [0.25, 0.3) is 0 Å². The molecule has 2 aromatic rings. The first-order valence-electron chi connectivity index (χ1n) is 4.08. The smallest absolute Gasteiger partial charge is 0.223 e. The van der Waals surface area contributed by atoms with Crippen LogP contribution in [0.4, 0.5) is 0 Å². The molecule has 2 rings (SSSR count). The van der Waals surface area contributed by atoms with E-state index in [0.29, 0.717) is 23.0 Å². The van der Waals surface area contributed by atoms with Gasteiger partial charge in [0.1, 0.15) is 5.82 Å². The van der Waals surface area contributed by atoms with E-state index >= 15 is 0 Å². The van der Waals surface area contributed by atoms with E-state index < -0.39 is 0 Å². The number of nitrogens with one attached hydrogen (secondary N) is 1. The van der Waals surface area contributed by atoms with Crippen molar-refractivity contribution >= 4 is 12.2 Å². The van der Waals surface area contributed by atoms with Crippen molar-refractivity contribution in [2.45, 2.75) is 20.4 Å². The summed E-state index contributed by atoms with van der Waals surface area (Å²) in [7, 11) is 0. The van der Waals surface area contributed by atoms with E-state index in [1.165, 1.54) is 0 Å². The van der Waals surface area contributed by atoms with Gasteiger partial charge in [-0.05, 0) is 19.1 Å². The van der Waals surface area contributed by atoms with Gasteiger partial charge >= 0.3 is 0 Å². The summed E-state index contributed by atoms with van der Waals surface area (Å²) in [6, 6.07) is 0. The fraction of sp³-hybridized carbons (Fsp3) is 0.429. The lowest BCUT2D eigenvalue weighted by molar-refractivity contribution is 0.386. The van der Waals surface area contributed by atoms with E-state index in [4.69, 9.17) is 16.7 Å². The molecule has 0 saturated heterocycles. The van der Waals surface area contributed by atoms with E-state index in [1.54, 1.807) is 11.5 Å². The lowest BCUT2D eigenvalue weighted by atomic mass is 10.5. The third kappa shape index (κ3) is 1.58. The monoisotopic (exact) mass is 211 g/mol. The Kier molecular flexibility index (Phi) is 2.16. The molecule has 0 bridgehead atoms. The van der Waals surface area contributed by atoms with Crippen LogP contribution in [-0.4, -0.2) is 24.9 Å². The molecule has 2 aromatic heterocycles. The second-order valence-corrected chi connectivity index (χ2v) is 3.28. The van der Waals surface area contributed by atoms with Gasteiger partial charge in [0.15, 0.2) is 10.6 Å². The van der Waals surface area contributed by atoms with Crippen LogP contribution in [0.1, 0.15) is 17.5 Å². The molecule has 0 saturated carbocycles. The lowest BCUT2D eigenvalue weighted by Gasteiger charge is -1.97. The average molecular weight is 211 g/mol. The number of nitrogens with zero attached hydrogens (tertiary/aromatic N) is 4. The Morgan fingerprint density at radius 1 is 1.50 bits per heavy atom. The van der Waals surface area contributed by atoms with Gasteiger partial charge in [-0.3, -0.25) is 9.67 Å². The van der Waals surface area contributed by atoms with Crippen molar-refractivity contribution in [2.75, 3.05) is 0 Å². The minimum Gasteiger partial charge on any atom is -0.340 e. The van der Waals surface area contributed by atoms with Crippen LogP contribution in [-0.2, 0) is 6.54 Å². The van der Waals surface area contributed by atoms with Gasteiger partial charge < -0.3 is 4.52 Å². The maximum atomic E-state index is 5.04. The Hall–Kier alpha value is -1.50. The first-order chi connectivity index (χ1) is 6.66. The standard InChI is InChI=1S/C7H9N5OS/c1-4-9-10-7(14)12(4)3-6-8-5(2)13-11-6/h3H2,1-2H3,(H,10,14). The van der Waals surface area contributed by atoms with Gasteiger partial charge in [-0.25, -0.2) is 0 Å². The van der Waals surface area contributed by atoms with Crippen LogP contribution in [0.25, 0.3) is 0 Å². The first-order valence-corrected chi connectivity index (χ1v) is 4.48. The van der Waals surface area contributed by atoms with E-state index in [0.717, 1.165) is 5.82 Å². The summed E-state index contributed by atoms with van der Waals surface area (Å²) < 4.78 is 7.22. The van der Waals surface area contributed by atoms with E-state index in [2.05, 4.69) is 20.3 Å². The molecule has 0 fully saturated rings. The molecule has 7 heteroatoms. The van der Waals surface area contributed by atoms with Crippen LogP contribution in [0.2, 0.25) is 0 Å². The summed E-state index contributed by atoms with van der Waals surface area (Å²) in [5.74, 6) is 1.95. The van der Waals surface area contributed by atoms with Crippen LogP contribution in [0.3, 0.4) is 0 Å². The molecule has 0 amide bonds. The van der Waals surface area contributed by atoms with Crippen molar-refractivity contribution in [3.05, 3.63) is 22.3 Å². The first kappa shape index (κ1) is 9.07. The topological polar surface area (TPSA) is 72.5 Å². The molecule has 0 aromatic carbocycles. The number of hydrogen-bond donors (Lipinski definition) is 1. The summed E-state index contributed by atoms with van der Waals surface area (Å²) in [5.41, 5.74) is 0. The fourth-order valence-corrected chi connectivity index (χ4v) is 1.37. The van der Waals surface area contributed by atoms with Crippen molar-refractivity contribution in [3.63, 3.8) is 0 Å². The molecule has 0 aliphatic heterocycles. The molecule has 0 radical (unpaired) electrons. The summed E-state index contributed by atoms with van der Waals surface area (Å²) in [5, 5.41) is 10.5. The molecule has 0 unspecified atom stereocenters.